The van der Waals surface area contributed by atoms with Gasteiger partial charge in [0.1, 0.15) is 5.78 Å². The molecule has 1 heterocycles. The van der Waals surface area contributed by atoms with Crippen molar-refractivity contribution in [3.8, 4) is 11.5 Å². The number of rotatable bonds is 5. The van der Waals surface area contributed by atoms with Gasteiger partial charge in [0.25, 0.3) is 10.9 Å². The molecule has 2 aromatic rings. The minimum absolute atomic E-state index is 0.0000916. The Balaban J connectivity index is 2.20. The Kier molecular flexibility index (Phi) is 3.91. The van der Waals surface area contributed by atoms with Crippen LogP contribution in [0.3, 0.4) is 0 Å². The quantitative estimate of drug-likeness (QED) is 0.470. The SMILES string of the molecule is CC(=O)CSc1nnc(-c2cccc([N+](=O)[O-])c2)o1. The van der Waals surface area contributed by atoms with Gasteiger partial charge in [-0.3, -0.25) is 14.9 Å². The summed E-state index contributed by atoms with van der Waals surface area (Å²) in [5.74, 6) is 0.436. The zero-order valence-corrected chi connectivity index (χ0v) is 10.7. The van der Waals surface area contributed by atoms with E-state index in [1.165, 1.54) is 19.1 Å². The van der Waals surface area contributed by atoms with Crippen LogP contribution in [-0.4, -0.2) is 26.7 Å². The molecule has 8 heteroatoms. The second-order valence-corrected chi connectivity index (χ2v) is 4.60. The monoisotopic (exact) mass is 279 g/mol. The van der Waals surface area contributed by atoms with Gasteiger partial charge in [-0.25, -0.2) is 0 Å². The van der Waals surface area contributed by atoms with E-state index in [1.54, 1.807) is 12.1 Å². The molecule has 0 radical (unpaired) electrons. The summed E-state index contributed by atoms with van der Waals surface area (Å²) in [5, 5.41) is 18.5. The first-order chi connectivity index (χ1) is 9.06. The van der Waals surface area contributed by atoms with E-state index in [2.05, 4.69) is 10.2 Å². The fraction of sp³-hybridized carbons (Fsp3) is 0.182. The zero-order chi connectivity index (χ0) is 13.8. The van der Waals surface area contributed by atoms with Crippen LogP contribution >= 0.6 is 11.8 Å². The van der Waals surface area contributed by atoms with Crippen molar-refractivity contribution >= 4 is 23.2 Å². The molecule has 98 valence electrons. The Morgan fingerprint density at radius 1 is 1.47 bits per heavy atom. The van der Waals surface area contributed by atoms with Crippen LogP contribution in [0.15, 0.2) is 33.9 Å². The molecule has 0 spiro atoms. The van der Waals surface area contributed by atoms with Gasteiger partial charge in [0.15, 0.2) is 0 Å². The van der Waals surface area contributed by atoms with Crippen LogP contribution in [0.5, 0.6) is 0 Å². The maximum Gasteiger partial charge on any atom is 0.277 e. The normalized spacial score (nSPS) is 10.4. The van der Waals surface area contributed by atoms with E-state index < -0.39 is 4.92 Å². The van der Waals surface area contributed by atoms with Crippen LogP contribution < -0.4 is 0 Å². The van der Waals surface area contributed by atoms with E-state index in [1.807, 2.05) is 0 Å². The van der Waals surface area contributed by atoms with Crippen molar-refractivity contribution in [3.63, 3.8) is 0 Å². The molecular formula is C11H9N3O4S. The maximum atomic E-state index is 10.8. The Bertz CT molecular complexity index is 626. The standard InChI is InChI=1S/C11H9N3O4S/c1-7(15)6-19-11-13-12-10(18-11)8-3-2-4-9(5-8)14(16)17/h2-5H,6H2,1H3. The summed E-state index contributed by atoms with van der Waals surface area (Å²) in [7, 11) is 0. The number of ketones is 1. The number of Topliss-reactive ketones (excluding diaryl/α,β-unsaturated/α-hetero) is 1. The first-order valence-corrected chi connectivity index (χ1v) is 6.25. The summed E-state index contributed by atoms with van der Waals surface area (Å²) in [6.45, 7) is 1.46. The topological polar surface area (TPSA) is 99.1 Å². The van der Waals surface area contributed by atoms with E-state index in [-0.39, 0.29) is 28.3 Å². The Morgan fingerprint density at radius 2 is 2.26 bits per heavy atom. The first kappa shape index (κ1) is 13.2. The second kappa shape index (κ2) is 5.61. The average molecular weight is 279 g/mol. The summed E-state index contributed by atoms with van der Waals surface area (Å²) in [4.78, 5) is 21.0. The number of benzene rings is 1. The molecule has 0 fully saturated rings. The predicted molar refractivity (Wildman–Crippen MR) is 67.8 cm³/mol. The summed E-state index contributed by atoms with van der Waals surface area (Å²) in [5.41, 5.74) is 0.421. The fourth-order valence-corrected chi connectivity index (χ4v) is 1.86. The van der Waals surface area contributed by atoms with Crippen LogP contribution in [-0.2, 0) is 4.79 Å². The molecule has 0 aliphatic rings. The number of nitro groups is 1. The van der Waals surface area contributed by atoms with Crippen molar-refractivity contribution in [1.82, 2.24) is 10.2 Å². The number of thioether (sulfide) groups is 1. The lowest BCUT2D eigenvalue weighted by molar-refractivity contribution is -0.384. The highest BCUT2D eigenvalue weighted by atomic mass is 32.2. The highest BCUT2D eigenvalue weighted by molar-refractivity contribution is 7.99. The van der Waals surface area contributed by atoms with Gasteiger partial charge in [-0.15, -0.1) is 10.2 Å². The smallest absolute Gasteiger partial charge is 0.277 e. The van der Waals surface area contributed by atoms with Crippen molar-refractivity contribution < 1.29 is 14.1 Å². The number of carbonyl (C=O) groups is 1. The third kappa shape index (κ3) is 3.38. The van der Waals surface area contributed by atoms with Crippen LogP contribution in [0.25, 0.3) is 11.5 Å². The first-order valence-electron chi connectivity index (χ1n) is 5.27. The lowest BCUT2D eigenvalue weighted by Gasteiger charge is -1.95. The van der Waals surface area contributed by atoms with E-state index in [9.17, 15) is 14.9 Å². The molecule has 0 saturated carbocycles. The highest BCUT2D eigenvalue weighted by Crippen LogP contribution is 2.25. The molecule has 0 amide bonds. The van der Waals surface area contributed by atoms with Gasteiger partial charge in [0, 0.05) is 17.7 Å². The van der Waals surface area contributed by atoms with Crippen LogP contribution in [0.4, 0.5) is 5.69 Å². The third-order valence-corrected chi connectivity index (χ3v) is 3.07. The van der Waals surface area contributed by atoms with Crippen molar-refractivity contribution in [2.75, 3.05) is 5.75 Å². The molecule has 0 unspecified atom stereocenters. The summed E-state index contributed by atoms with van der Waals surface area (Å²) < 4.78 is 5.32. The largest absolute Gasteiger partial charge is 0.411 e. The number of hydrogen-bond acceptors (Lipinski definition) is 7. The van der Waals surface area contributed by atoms with Gasteiger partial charge in [-0.1, -0.05) is 17.8 Å². The summed E-state index contributed by atoms with van der Waals surface area (Å²) in [6.07, 6.45) is 0. The van der Waals surface area contributed by atoms with Crippen molar-refractivity contribution in [1.29, 1.82) is 0 Å². The Hall–Kier alpha value is -2.22. The van der Waals surface area contributed by atoms with Gasteiger partial charge in [0.2, 0.25) is 5.89 Å². The summed E-state index contributed by atoms with van der Waals surface area (Å²) in [6, 6.07) is 5.91. The lowest BCUT2D eigenvalue weighted by atomic mass is 10.2. The Labute approximate surface area is 112 Å². The molecule has 2 rings (SSSR count). The fourth-order valence-electron chi connectivity index (χ4n) is 1.30. The Morgan fingerprint density at radius 3 is 2.95 bits per heavy atom. The van der Waals surface area contributed by atoms with E-state index in [0.29, 0.717) is 5.56 Å². The van der Waals surface area contributed by atoms with Gasteiger partial charge in [-0.05, 0) is 13.0 Å². The van der Waals surface area contributed by atoms with E-state index in [0.717, 1.165) is 11.8 Å². The molecular weight excluding hydrogens is 270 g/mol. The average Bonchev–Trinajstić information content (AvgIpc) is 2.85. The summed E-state index contributed by atoms with van der Waals surface area (Å²) >= 11 is 1.13. The minimum Gasteiger partial charge on any atom is -0.411 e. The molecule has 0 aliphatic heterocycles. The third-order valence-electron chi connectivity index (χ3n) is 2.11. The van der Waals surface area contributed by atoms with Gasteiger partial charge < -0.3 is 4.42 Å². The second-order valence-electron chi connectivity index (χ2n) is 3.67. The molecule has 7 nitrogen and oxygen atoms in total. The van der Waals surface area contributed by atoms with Crippen LogP contribution in [0.1, 0.15) is 6.92 Å². The molecule has 0 bridgehead atoms. The lowest BCUT2D eigenvalue weighted by Crippen LogP contribution is -1.92. The molecule has 19 heavy (non-hydrogen) atoms. The van der Waals surface area contributed by atoms with Crippen molar-refractivity contribution in [2.45, 2.75) is 12.1 Å². The number of nitrogens with zero attached hydrogens (tertiary/aromatic N) is 3. The highest BCUT2D eigenvalue weighted by Gasteiger charge is 2.13. The zero-order valence-electron chi connectivity index (χ0n) is 9.90. The van der Waals surface area contributed by atoms with Gasteiger partial charge in [-0.2, -0.15) is 0 Å². The number of nitro benzene ring substituents is 1. The number of non-ortho nitro benzene ring substituents is 1. The van der Waals surface area contributed by atoms with Crippen molar-refractivity contribution in [3.05, 3.63) is 34.4 Å². The predicted octanol–water partition coefficient (Wildman–Crippen LogP) is 2.33. The number of aromatic nitrogens is 2. The molecule has 1 aromatic carbocycles. The number of hydrogen-bond donors (Lipinski definition) is 0. The van der Waals surface area contributed by atoms with Gasteiger partial charge >= 0.3 is 0 Å². The molecule has 1 aromatic heterocycles. The maximum absolute atomic E-state index is 10.8. The minimum atomic E-state index is -0.495. The molecule has 0 atom stereocenters. The number of carbonyl (C=O) groups excluding carboxylic acids is 1. The van der Waals surface area contributed by atoms with E-state index in [4.69, 9.17) is 4.42 Å². The van der Waals surface area contributed by atoms with Crippen LogP contribution in [0.2, 0.25) is 0 Å². The van der Waals surface area contributed by atoms with Gasteiger partial charge in [0.05, 0.1) is 10.7 Å². The molecule has 0 N–H and O–H groups in total. The van der Waals surface area contributed by atoms with Crippen molar-refractivity contribution in [2.24, 2.45) is 0 Å². The van der Waals surface area contributed by atoms with Crippen LogP contribution in [0, 0.1) is 10.1 Å². The molecule has 0 saturated heterocycles. The molecule has 0 aliphatic carbocycles. The van der Waals surface area contributed by atoms with E-state index >= 15 is 0 Å².